The van der Waals surface area contributed by atoms with Crippen molar-refractivity contribution in [1.29, 1.82) is 0 Å². The van der Waals surface area contributed by atoms with Crippen molar-refractivity contribution >= 4 is 17.6 Å². The number of benzene rings is 1. The van der Waals surface area contributed by atoms with E-state index in [4.69, 9.17) is 26.2 Å². The Morgan fingerprint density at radius 3 is 2.78 bits per heavy atom. The third-order valence-corrected chi connectivity index (χ3v) is 4.47. The highest BCUT2D eigenvalue weighted by molar-refractivity contribution is 6.30. The van der Waals surface area contributed by atoms with E-state index in [2.05, 4.69) is 4.98 Å². The normalized spacial score (nSPS) is 15.5. The fourth-order valence-corrected chi connectivity index (χ4v) is 3.05. The molecule has 1 N–H and O–H groups in total. The van der Waals surface area contributed by atoms with Gasteiger partial charge in [0.05, 0.1) is 12.2 Å². The van der Waals surface area contributed by atoms with Crippen molar-refractivity contribution in [2.75, 3.05) is 19.6 Å². The van der Waals surface area contributed by atoms with E-state index in [1.807, 2.05) is 4.90 Å². The predicted octanol–water partition coefficient (Wildman–Crippen LogP) is 3.38. The molecule has 3 rings (SSSR count). The maximum absolute atomic E-state index is 13.8. The maximum atomic E-state index is 13.8. The number of rotatable bonds is 7. The van der Waals surface area contributed by atoms with Gasteiger partial charge >= 0.3 is 5.97 Å². The Kier molecular flexibility index (Phi) is 6.47. The average molecular weight is 395 g/mol. The van der Waals surface area contributed by atoms with Crippen molar-refractivity contribution in [1.82, 2.24) is 9.88 Å². The van der Waals surface area contributed by atoms with Gasteiger partial charge in [0.1, 0.15) is 12.7 Å². The monoisotopic (exact) mass is 394 g/mol. The Morgan fingerprint density at radius 2 is 2.07 bits per heavy atom. The lowest BCUT2D eigenvalue weighted by molar-refractivity contribution is -0.138. The number of halogens is 2. The van der Waals surface area contributed by atoms with Crippen LogP contribution in [0.5, 0.6) is 11.6 Å². The van der Waals surface area contributed by atoms with Crippen molar-refractivity contribution in [3.63, 3.8) is 0 Å². The number of hydrogen-bond acceptors (Lipinski definition) is 5. The summed E-state index contributed by atoms with van der Waals surface area (Å²) < 4.78 is 25.1. The van der Waals surface area contributed by atoms with Crippen molar-refractivity contribution in [3.8, 4) is 11.6 Å². The van der Waals surface area contributed by atoms with Gasteiger partial charge in [-0.05, 0) is 37.1 Å². The highest BCUT2D eigenvalue weighted by Gasteiger charge is 2.22. The predicted molar refractivity (Wildman–Crippen MR) is 97.7 cm³/mol. The van der Waals surface area contributed by atoms with Gasteiger partial charge in [0, 0.05) is 24.2 Å². The number of pyridine rings is 1. The number of ether oxygens (including phenoxy) is 2. The van der Waals surface area contributed by atoms with Crippen LogP contribution in [0.25, 0.3) is 0 Å². The first-order chi connectivity index (χ1) is 13.0. The van der Waals surface area contributed by atoms with Crippen LogP contribution in [-0.2, 0) is 11.4 Å². The molecule has 2 aromatic rings. The molecule has 0 spiro atoms. The van der Waals surface area contributed by atoms with E-state index in [1.165, 1.54) is 12.1 Å². The number of likely N-dealkylation sites (tertiary alicyclic amines) is 1. The van der Waals surface area contributed by atoms with Crippen LogP contribution in [0.1, 0.15) is 18.5 Å². The Balaban J connectivity index is 1.52. The number of carbonyl (C=O) groups is 1. The van der Waals surface area contributed by atoms with Gasteiger partial charge in [-0.1, -0.05) is 17.7 Å². The summed E-state index contributed by atoms with van der Waals surface area (Å²) in [6.07, 6.45) is 1.48. The lowest BCUT2D eigenvalue weighted by Gasteiger charge is -2.30. The lowest BCUT2D eigenvalue weighted by Crippen LogP contribution is -2.40. The molecule has 1 aliphatic rings. The van der Waals surface area contributed by atoms with Crippen LogP contribution in [0.15, 0.2) is 36.4 Å². The Bertz CT molecular complexity index is 797. The van der Waals surface area contributed by atoms with E-state index in [0.29, 0.717) is 29.7 Å². The molecule has 0 unspecified atom stereocenters. The number of carboxylic acids is 1. The molecule has 0 saturated carbocycles. The quantitative estimate of drug-likeness (QED) is 0.776. The van der Waals surface area contributed by atoms with E-state index in [1.54, 1.807) is 24.3 Å². The molecule has 0 radical (unpaired) electrons. The van der Waals surface area contributed by atoms with Crippen LogP contribution in [0.4, 0.5) is 4.39 Å². The average Bonchev–Trinajstić information content (AvgIpc) is 2.63. The van der Waals surface area contributed by atoms with Gasteiger partial charge in [-0.25, -0.2) is 9.37 Å². The standard InChI is InChI=1S/C19H20ClFN2O4/c20-13-4-5-17(16(21)10-13)26-12-14-2-1-3-18(22-14)27-15-6-8-23(9-7-15)11-19(24)25/h1-5,10,15H,6-9,11-12H2,(H,24,25). The minimum atomic E-state index is -0.819. The fourth-order valence-electron chi connectivity index (χ4n) is 2.89. The van der Waals surface area contributed by atoms with Gasteiger partial charge in [0.25, 0.3) is 0 Å². The Morgan fingerprint density at radius 1 is 1.30 bits per heavy atom. The molecular formula is C19H20ClFN2O4. The summed E-state index contributed by atoms with van der Waals surface area (Å²) >= 11 is 5.72. The molecule has 0 atom stereocenters. The summed E-state index contributed by atoms with van der Waals surface area (Å²) in [6.45, 7) is 1.51. The molecule has 8 heteroatoms. The SMILES string of the molecule is O=C(O)CN1CCC(Oc2cccc(COc3ccc(Cl)cc3F)n2)CC1. The summed E-state index contributed by atoms with van der Waals surface area (Å²) in [5.41, 5.74) is 0.616. The fraction of sp³-hybridized carbons (Fsp3) is 0.368. The zero-order valence-electron chi connectivity index (χ0n) is 14.6. The highest BCUT2D eigenvalue weighted by atomic mass is 35.5. The second-order valence-corrected chi connectivity index (χ2v) is 6.75. The third-order valence-electron chi connectivity index (χ3n) is 4.23. The number of nitrogens with zero attached hydrogens (tertiary/aromatic N) is 2. The van der Waals surface area contributed by atoms with Crippen molar-refractivity contribution in [3.05, 3.63) is 52.9 Å². The largest absolute Gasteiger partial charge is 0.484 e. The number of piperidine rings is 1. The molecule has 144 valence electrons. The van der Waals surface area contributed by atoms with Crippen LogP contribution in [0.2, 0.25) is 5.02 Å². The summed E-state index contributed by atoms with van der Waals surface area (Å²) in [4.78, 5) is 17.0. The molecule has 6 nitrogen and oxygen atoms in total. The number of hydrogen-bond donors (Lipinski definition) is 1. The topological polar surface area (TPSA) is 71.9 Å². The van der Waals surface area contributed by atoms with E-state index in [9.17, 15) is 9.18 Å². The number of aliphatic carboxylic acids is 1. The number of carboxylic acid groups (broad SMARTS) is 1. The van der Waals surface area contributed by atoms with Crippen molar-refractivity contribution < 1.29 is 23.8 Å². The van der Waals surface area contributed by atoms with Crippen LogP contribution in [0.3, 0.4) is 0 Å². The first-order valence-electron chi connectivity index (χ1n) is 8.64. The molecule has 1 aliphatic heterocycles. The van der Waals surface area contributed by atoms with Crippen molar-refractivity contribution in [2.45, 2.75) is 25.6 Å². The first-order valence-corrected chi connectivity index (χ1v) is 9.02. The molecule has 1 fully saturated rings. The van der Waals surface area contributed by atoms with Crippen LogP contribution < -0.4 is 9.47 Å². The summed E-state index contributed by atoms with van der Waals surface area (Å²) in [5, 5.41) is 9.14. The van der Waals surface area contributed by atoms with Crippen LogP contribution in [0, 0.1) is 5.82 Å². The molecule has 1 aromatic heterocycles. The Hall–Kier alpha value is -2.38. The zero-order chi connectivity index (χ0) is 19.2. The van der Waals surface area contributed by atoms with E-state index >= 15 is 0 Å². The smallest absolute Gasteiger partial charge is 0.317 e. The zero-order valence-corrected chi connectivity index (χ0v) is 15.4. The van der Waals surface area contributed by atoms with Gasteiger partial charge in [-0.2, -0.15) is 0 Å². The minimum Gasteiger partial charge on any atom is -0.484 e. The van der Waals surface area contributed by atoms with Crippen LogP contribution >= 0.6 is 11.6 Å². The highest BCUT2D eigenvalue weighted by Crippen LogP contribution is 2.22. The van der Waals surface area contributed by atoms with Crippen LogP contribution in [-0.4, -0.2) is 46.7 Å². The minimum absolute atomic E-state index is 0.00702. The molecule has 1 saturated heterocycles. The Labute approximate surface area is 161 Å². The lowest BCUT2D eigenvalue weighted by atomic mass is 10.1. The van der Waals surface area contributed by atoms with Gasteiger partial charge in [0.2, 0.25) is 5.88 Å². The number of aromatic nitrogens is 1. The summed E-state index contributed by atoms with van der Waals surface area (Å²) in [5.74, 6) is -0.758. The molecule has 2 heterocycles. The molecule has 0 aliphatic carbocycles. The van der Waals surface area contributed by atoms with Gasteiger partial charge < -0.3 is 14.6 Å². The molecule has 1 aromatic carbocycles. The van der Waals surface area contributed by atoms with E-state index in [0.717, 1.165) is 12.8 Å². The van der Waals surface area contributed by atoms with E-state index in [-0.39, 0.29) is 25.0 Å². The molecular weight excluding hydrogens is 375 g/mol. The van der Waals surface area contributed by atoms with Gasteiger partial charge in [0.15, 0.2) is 11.6 Å². The molecule has 0 bridgehead atoms. The maximum Gasteiger partial charge on any atom is 0.317 e. The first kappa shape index (κ1) is 19.4. The summed E-state index contributed by atoms with van der Waals surface area (Å²) in [6, 6.07) is 9.57. The molecule has 0 amide bonds. The van der Waals surface area contributed by atoms with Gasteiger partial charge in [-0.3, -0.25) is 9.69 Å². The second kappa shape index (κ2) is 9.01. The van der Waals surface area contributed by atoms with E-state index < -0.39 is 11.8 Å². The second-order valence-electron chi connectivity index (χ2n) is 6.32. The summed E-state index contributed by atoms with van der Waals surface area (Å²) in [7, 11) is 0. The molecule has 27 heavy (non-hydrogen) atoms. The van der Waals surface area contributed by atoms with Gasteiger partial charge in [-0.15, -0.1) is 0 Å². The third kappa shape index (κ3) is 5.80. The van der Waals surface area contributed by atoms with Crippen molar-refractivity contribution in [2.24, 2.45) is 0 Å².